The van der Waals surface area contributed by atoms with E-state index in [0.29, 0.717) is 0 Å². The van der Waals surface area contributed by atoms with Crippen LogP contribution in [0.4, 0.5) is 0 Å². The lowest BCUT2D eigenvalue weighted by Crippen LogP contribution is -2.69. The molecule has 15 heteroatoms. The fourth-order valence-corrected chi connectivity index (χ4v) is 9.50. The van der Waals surface area contributed by atoms with E-state index >= 15 is 0 Å². The van der Waals surface area contributed by atoms with Crippen molar-refractivity contribution in [2.75, 3.05) is 20.3 Å². The topological polar surface area (TPSA) is 148 Å². The Kier molecular flexibility index (Phi) is 20.3. The zero-order chi connectivity index (χ0) is 51.8. The largest absolute Gasteiger partial charge is 0.497 e. The van der Waals surface area contributed by atoms with Gasteiger partial charge in [0.05, 0.1) is 53.4 Å². The summed E-state index contributed by atoms with van der Waals surface area (Å²) < 4.78 is 73.7. The highest BCUT2D eigenvalue weighted by Crippen LogP contribution is 2.39. The monoisotopic (exact) mass is 1020 g/mol. The van der Waals surface area contributed by atoms with Crippen LogP contribution in [0.15, 0.2) is 146 Å². The number of methoxy groups -OCH3 is 1. The standard InChI is InChI=1S/C58H73NO13Si/c1-40(60)59-50-53(51(64-34-42-21-13-9-14-22-42)48(38-63-33-46-29-31-47(62-6)32-30-46)70-56(50)67-37-45-27-19-12-20-28-45)72-57-55(69-41(2)61)54(66-36-44-25-17-11-18-26-44)52(65-35-43-23-15-10-16-24-43)49(71-57)39-68-73(7,8)58(3,4)5/h9-32,48-57H,33-39H2,1-8H3,(H,59,60)/t48-,49-,50-,51+,52-,53-,54+,55-,56-,57+/m1/s1. The summed E-state index contributed by atoms with van der Waals surface area (Å²) in [7, 11) is -0.789. The molecule has 0 saturated carbocycles. The molecule has 0 aromatic heterocycles. The number of benzene rings is 5. The van der Waals surface area contributed by atoms with Gasteiger partial charge in [0.2, 0.25) is 5.91 Å². The molecule has 2 aliphatic rings. The highest BCUT2D eigenvalue weighted by Gasteiger charge is 2.56. The van der Waals surface area contributed by atoms with E-state index in [1.807, 2.05) is 146 Å². The van der Waals surface area contributed by atoms with Crippen molar-refractivity contribution in [3.8, 4) is 5.75 Å². The molecule has 5 aromatic carbocycles. The number of amides is 1. The Balaban J connectivity index is 1.31. The smallest absolute Gasteiger partial charge is 0.303 e. The maximum atomic E-state index is 13.4. The molecular formula is C58H73NO13Si. The molecule has 14 nitrogen and oxygen atoms in total. The molecule has 0 aliphatic carbocycles. The quantitative estimate of drug-likeness (QED) is 0.0463. The van der Waals surface area contributed by atoms with Crippen molar-refractivity contribution < 1.29 is 61.4 Å². The van der Waals surface area contributed by atoms with Crippen molar-refractivity contribution in [1.82, 2.24) is 5.32 Å². The number of carbonyl (C=O) groups is 2. The van der Waals surface area contributed by atoms with Crippen LogP contribution in [0.3, 0.4) is 0 Å². The summed E-state index contributed by atoms with van der Waals surface area (Å²) in [6, 6.07) is 45.6. The SMILES string of the molecule is COc1ccc(COC[C@H]2O[C@@H](OCc3ccccc3)[C@H](NC(C)=O)[C@@H](O[C@@H]3O[C@H](CO[Si](C)(C)C(C)(C)C)[C@@H](OCc4ccccc4)[C@H](OCc4ccccc4)[C@H]3OC(C)=O)[C@H]2OCc2ccccc2)cc1. The van der Waals surface area contributed by atoms with Crippen molar-refractivity contribution in [2.24, 2.45) is 0 Å². The van der Waals surface area contributed by atoms with Gasteiger partial charge >= 0.3 is 5.97 Å². The molecular weight excluding hydrogens is 947 g/mol. The summed E-state index contributed by atoms with van der Waals surface area (Å²) in [6.45, 7) is 14.7. The molecule has 2 aliphatic heterocycles. The first-order valence-corrected chi connectivity index (χ1v) is 28.0. The Labute approximate surface area is 431 Å². The first-order chi connectivity index (χ1) is 35.2. The fourth-order valence-electron chi connectivity index (χ4n) is 8.49. The molecule has 1 N–H and O–H groups in total. The summed E-state index contributed by atoms with van der Waals surface area (Å²) in [5.74, 6) is -0.236. The highest BCUT2D eigenvalue weighted by molar-refractivity contribution is 6.74. The van der Waals surface area contributed by atoms with E-state index in [2.05, 4.69) is 39.2 Å². The third-order valence-electron chi connectivity index (χ3n) is 13.4. The Hall–Kier alpha value is -5.30. The lowest BCUT2D eigenvalue weighted by molar-refractivity contribution is -0.357. The molecule has 0 radical (unpaired) electrons. The summed E-state index contributed by atoms with van der Waals surface area (Å²) in [5, 5.41) is 2.96. The molecule has 0 spiro atoms. The molecule has 392 valence electrons. The normalized spacial score (nSPS) is 24.4. The van der Waals surface area contributed by atoms with Gasteiger partial charge in [0.25, 0.3) is 0 Å². The zero-order valence-electron chi connectivity index (χ0n) is 43.4. The minimum absolute atomic E-state index is 0.0312. The van der Waals surface area contributed by atoms with Crippen LogP contribution in [0.1, 0.15) is 62.4 Å². The van der Waals surface area contributed by atoms with Gasteiger partial charge in [-0.1, -0.05) is 154 Å². The van der Waals surface area contributed by atoms with Gasteiger partial charge in [-0.3, -0.25) is 9.59 Å². The predicted octanol–water partition coefficient (Wildman–Crippen LogP) is 9.48. The van der Waals surface area contributed by atoms with Crippen LogP contribution in [0.25, 0.3) is 0 Å². The van der Waals surface area contributed by atoms with E-state index in [4.69, 9.17) is 51.8 Å². The van der Waals surface area contributed by atoms with E-state index in [9.17, 15) is 9.59 Å². The Bertz CT molecular complexity index is 2410. The van der Waals surface area contributed by atoms with Crippen molar-refractivity contribution in [2.45, 2.75) is 147 Å². The van der Waals surface area contributed by atoms with Gasteiger partial charge < -0.3 is 57.1 Å². The predicted molar refractivity (Wildman–Crippen MR) is 277 cm³/mol. The lowest BCUT2D eigenvalue weighted by atomic mass is 9.94. The van der Waals surface area contributed by atoms with Gasteiger partial charge in [0.15, 0.2) is 27.0 Å². The van der Waals surface area contributed by atoms with Gasteiger partial charge in [-0.25, -0.2) is 0 Å². The number of ether oxygens (including phenoxy) is 10. The zero-order valence-corrected chi connectivity index (χ0v) is 44.4. The first kappa shape index (κ1) is 55.4. The van der Waals surface area contributed by atoms with Crippen molar-refractivity contribution in [1.29, 1.82) is 0 Å². The average Bonchev–Trinajstić information content (AvgIpc) is 3.38. The Morgan fingerprint density at radius 1 is 0.534 bits per heavy atom. The Morgan fingerprint density at radius 2 is 0.973 bits per heavy atom. The number of carbonyl (C=O) groups excluding carboxylic acids is 2. The van der Waals surface area contributed by atoms with Crippen LogP contribution in [-0.4, -0.2) is 102 Å². The minimum Gasteiger partial charge on any atom is -0.497 e. The van der Waals surface area contributed by atoms with Crippen molar-refractivity contribution in [3.05, 3.63) is 173 Å². The molecule has 2 heterocycles. The van der Waals surface area contributed by atoms with Crippen molar-refractivity contribution in [3.63, 3.8) is 0 Å². The molecule has 0 bridgehead atoms. The second-order valence-electron chi connectivity index (χ2n) is 20.0. The van der Waals surface area contributed by atoms with E-state index in [-0.39, 0.29) is 57.2 Å². The fraction of sp³-hybridized carbons (Fsp3) is 0.448. The highest BCUT2D eigenvalue weighted by atomic mass is 28.4. The molecule has 5 aromatic rings. The maximum absolute atomic E-state index is 13.4. The number of esters is 1. The average molecular weight is 1020 g/mol. The summed E-state index contributed by atoms with van der Waals surface area (Å²) >= 11 is 0. The first-order valence-electron chi connectivity index (χ1n) is 25.0. The lowest BCUT2D eigenvalue weighted by Gasteiger charge is -2.50. The van der Waals surface area contributed by atoms with Gasteiger partial charge in [-0.2, -0.15) is 0 Å². The minimum atomic E-state index is -2.41. The van der Waals surface area contributed by atoms with Crippen molar-refractivity contribution >= 4 is 20.2 Å². The number of hydrogen-bond acceptors (Lipinski definition) is 13. The Morgan fingerprint density at radius 3 is 1.44 bits per heavy atom. The van der Waals surface area contributed by atoms with Gasteiger partial charge in [-0.15, -0.1) is 0 Å². The second kappa shape index (κ2) is 26.8. The molecule has 2 saturated heterocycles. The summed E-state index contributed by atoms with van der Waals surface area (Å²) in [5.41, 5.74) is 4.51. The third kappa shape index (κ3) is 16.1. The number of nitrogens with one attached hydrogen (secondary N) is 1. The molecule has 7 rings (SSSR count). The number of rotatable bonds is 24. The molecule has 0 unspecified atom stereocenters. The van der Waals surface area contributed by atoms with Crippen LogP contribution < -0.4 is 10.1 Å². The third-order valence-corrected chi connectivity index (χ3v) is 17.9. The van der Waals surface area contributed by atoms with Crippen LogP contribution in [0.2, 0.25) is 18.1 Å². The molecule has 73 heavy (non-hydrogen) atoms. The molecule has 10 atom stereocenters. The van der Waals surface area contributed by atoms with E-state index in [1.165, 1.54) is 13.8 Å². The van der Waals surface area contributed by atoms with E-state index in [1.54, 1.807) is 7.11 Å². The van der Waals surface area contributed by atoms with Gasteiger partial charge in [-0.05, 0) is 58.1 Å². The van der Waals surface area contributed by atoms with Crippen LogP contribution in [0.5, 0.6) is 5.75 Å². The van der Waals surface area contributed by atoms with Crippen LogP contribution >= 0.6 is 0 Å². The van der Waals surface area contributed by atoms with Crippen LogP contribution in [-0.2, 0) is 89.7 Å². The summed E-state index contributed by atoms with van der Waals surface area (Å²) in [4.78, 5) is 26.9. The van der Waals surface area contributed by atoms with Gasteiger partial charge in [0, 0.05) is 13.8 Å². The van der Waals surface area contributed by atoms with Gasteiger partial charge in [0.1, 0.15) is 48.4 Å². The van der Waals surface area contributed by atoms with E-state index < -0.39 is 75.6 Å². The number of hydrogen-bond donors (Lipinski definition) is 1. The van der Waals surface area contributed by atoms with E-state index in [0.717, 1.165) is 33.6 Å². The molecule has 2 fully saturated rings. The molecule has 1 amide bonds. The summed E-state index contributed by atoms with van der Waals surface area (Å²) in [6.07, 6.45) is -9.11. The second-order valence-corrected chi connectivity index (χ2v) is 24.8. The van der Waals surface area contributed by atoms with Crippen LogP contribution in [0, 0.1) is 0 Å². The maximum Gasteiger partial charge on any atom is 0.303 e.